The van der Waals surface area contributed by atoms with Gasteiger partial charge in [-0.05, 0) is 30.3 Å². The molecule has 0 aliphatic carbocycles. The lowest BCUT2D eigenvalue weighted by Gasteiger charge is -2.00. The van der Waals surface area contributed by atoms with Crippen molar-refractivity contribution in [2.45, 2.75) is 0 Å². The van der Waals surface area contributed by atoms with Crippen molar-refractivity contribution in [2.75, 3.05) is 7.11 Å². The molecular weight excluding hydrogens is 254 g/mol. The summed E-state index contributed by atoms with van der Waals surface area (Å²) >= 11 is 1.65. The third-order valence-electron chi connectivity index (χ3n) is 2.86. The maximum atomic E-state index is 5.16. The first-order valence-electron chi connectivity index (χ1n) is 5.93. The molecule has 0 bridgehead atoms. The molecule has 0 fully saturated rings. The fourth-order valence-electron chi connectivity index (χ4n) is 1.83. The maximum Gasteiger partial charge on any atom is 0.124 e. The first-order valence-corrected chi connectivity index (χ1v) is 6.81. The molecule has 2 aromatic carbocycles. The van der Waals surface area contributed by atoms with Crippen LogP contribution < -0.4 is 4.74 Å². The highest BCUT2D eigenvalue weighted by Crippen LogP contribution is 2.29. The summed E-state index contributed by atoms with van der Waals surface area (Å²) in [5.74, 6) is 0.860. The molecule has 0 atom stereocenters. The second-order valence-corrected chi connectivity index (χ2v) is 4.91. The molecule has 3 heteroatoms. The predicted molar refractivity (Wildman–Crippen MR) is 78.4 cm³/mol. The molecule has 1 radical (unpaired) electrons. The second-order valence-electron chi connectivity index (χ2n) is 4.06. The largest absolute Gasteiger partial charge is 0.497 e. The van der Waals surface area contributed by atoms with Crippen molar-refractivity contribution in [1.82, 2.24) is 4.98 Å². The minimum Gasteiger partial charge on any atom is -0.497 e. The SMILES string of the molecule is COc1ccc(-c2nc(-c3cc[c]cc3)cs2)cc1. The smallest absolute Gasteiger partial charge is 0.124 e. The number of methoxy groups -OCH3 is 1. The highest BCUT2D eigenvalue weighted by Gasteiger charge is 2.06. The zero-order valence-electron chi connectivity index (χ0n) is 10.5. The minimum absolute atomic E-state index is 0.860. The number of hydrogen-bond donors (Lipinski definition) is 0. The lowest BCUT2D eigenvalue weighted by Crippen LogP contribution is -1.82. The molecule has 93 valence electrons. The van der Waals surface area contributed by atoms with Gasteiger partial charge in [0, 0.05) is 16.5 Å². The Kier molecular flexibility index (Phi) is 3.29. The van der Waals surface area contributed by atoms with Gasteiger partial charge in [-0.2, -0.15) is 0 Å². The number of thiazole rings is 1. The number of benzene rings is 2. The van der Waals surface area contributed by atoms with Crippen LogP contribution in [0.1, 0.15) is 0 Å². The van der Waals surface area contributed by atoms with Gasteiger partial charge < -0.3 is 4.74 Å². The van der Waals surface area contributed by atoms with E-state index in [0.29, 0.717) is 0 Å². The molecule has 3 aromatic rings. The van der Waals surface area contributed by atoms with Gasteiger partial charge in [-0.25, -0.2) is 4.98 Å². The van der Waals surface area contributed by atoms with Gasteiger partial charge in [0.05, 0.1) is 12.8 Å². The second kappa shape index (κ2) is 5.24. The Morgan fingerprint density at radius 2 is 1.74 bits per heavy atom. The average molecular weight is 266 g/mol. The normalized spacial score (nSPS) is 10.4. The van der Waals surface area contributed by atoms with Crippen molar-refractivity contribution < 1.29 is 4.74 Å². The van der Waals surface area contributed by atoms with E-state index in [9.17, 15) is 0 Å². The quantitative estimate of drug-likeness (QED) is 0.705. The molecule has 0 N–H and O–H groups in total. The first-order chi connectivity index (χ1) is 9.36. The van der Waals surface area contributed by atoms with Gasteiger partial charge in [0.2, 0.25) is 0 Å². The van der Waals surface area contributed by atoms with Crippen LogP contribution in [0.2, 0.25) is 0 Å². The van der Waals surface area contributed by atoms with Crippen LogP contribution in [0.4, 0.5) is 0 Å². The highest BCUT2D eigenvalue weighted by atomic mass is 32.1. The molecule has 0 unspecified atom stereocenters. The van der Waals surface area contributed by atoms with Crippen LogP contribution in [0.5, 0.6) is 5.75 Å². The van der Waals surface area contributed by atoms with E-state index in [1.807, 2.05) is 48.5 Å². The van der Waals surface area contributed by atoms with Crippen molar-refractivity contribution in [3.63, 3.8) is 0 Å². The van der Waals surface area contributed by atoms with Crippen LogP contribution in [0.25, 0.3) is 21.8 Å². The van der Waals surface area contributed by atoms with E-state index in [0.717, 1.165) is 27.6 Å². The van der Waals surface area contributed by atoms with Gasteiger partial charge in [0.25, 0.3) is 0 Å². The van der Waals surface area contributed by atoms with Crippen molar-refractivity contribution in [3.05, 3.63) is 60.0 Å². The van der Waals surface area contributed by atoms with E-state index in [1.54, 1.807) is 18.4 Å². The highest BCUT2D eigenvalue weighted by molar-refractivity contribution is 7.13. The zero-order chi connectivity index (χ0) is 13.1. The van der Waals surface area contributed by atoms with E-state index in [4.69, 9.17) is 4.74 Å². The van der Waals surface area contributed by atoms with Crippen LogP contribution in [-0.4, -0.2) is 12.1 Å². The topological polar surface area (TPSA) is 22.1 Å². The molecule has 0 amide bonds. The molecule has 0 saturated carbocycles. The maximum absolute atomic E-state index is 5.16. The van der Waals surface area contributed by atoms with Gasteiger partial charge in [-0.3, -0.25) is 0 Å². The average Bonchev–Trinajstić information content (AvgIpc) is 2.98. The Morgan fingerprint density at radius 1 is 1.00 bits per heavy atom. The fourth-order valence-corrected chi connectivity index (χ4v) is 2.67. The summed E-state index contributed by atoms with van der Waals surface area (Å²) in [7, 11) is 1.67. The minimum atomic E-state index is 0.860. The Labute approximate surface area is 116 Å². The number of hydrogen-bond acceptors (Lipinski definition) is 3. The molecule has 0 aliphatic rings. The van der Waals surface area contributed by atoms with E-state index in [1.165, 1.54) is 0 Å². The summed E-state index contributed by atoms with van der Waals surface area (Å²) in [6.07, 6.45) is 0. The molecular formula is C16H12NOS. The van der Waals surface area contributed by atoms with E-state index >= 15 is 0 Å². The van der Waals surface area contributed by atoms with Crippen LogP contribution in [0.3, 0.4) is 0 Å². The van der Waals surface area contributed by atoms with Crippen molar-refractivity contribution in [1.29, 1.82) is 0 Å². The molecule has 2 nitrogen and oxygen atoms in total. The van der Waals surface area contributed by atoms with Crippen LogP contribution in [0, 0.1) is 6.07 Å². The predicted octanol–water partition coefficient (Wildman–Crippen LogP) is 4.29. The summed E-state index contributed by atoms with van der Waals surface area (Å²) < 4.78 is 5.16. The number of ether oxygens (including phenoxy) is 1. The molecule has 3 rings (SSSR count). The van der Waals surface area contributed by atoms with E-state index < -0.39 is 0 Å². The molecule has 0 saturated heterocycles. The monoisotopic (exact) mass is 266 g/mol. The Bertz CT molecular complexity index is 659. The van der Waals surface area contributed by atoms with Crippen molar-refractivity contribution in [2.24, 2.45) is 0 Å². The molecule has 19 heavy (non-hydrogen) atoms. The van der Waals surface area contributed by atoms with E-state index in [-0.39, 0.29) is 0 Å². The van der Waals surface area contributed by atoms with Crippen molar-refractivity contribution >= 4 is 11.3 Å². The summed E-state index contributed by atoms with van der Waals surface area (Å²) in [6, 6.07) is 18.8. The number of nitrogens with zero attached hydrogens (tertiary/aromatic N) is 1. The summed E-state index contributed by atoms with van der Waals surface area (Å²) in [6.45, 7) is 0. The lowest BCUT2D eigenvalue weighted by molar-refractivity contribution is 0.415. The molecule has 0 aliphatic heterocycles. The molecule has 1 aromatic heterocycles. The van der Waals surface area contributed by atoms with Crippen LogP contribution in [-0.2, 0) is 0 Å². The zero-order valence-corrected chi connectivity index (χ0v) is 11.3. The van der Waals surface area contributed by atoms with E-state index in [2.05, 4.69) is 16.4 Å². The summed E-state index contributed by atoms with van der Waals surface area (Å²) in [4.78, 5) is 4.67. The van der Waals surface area contributed by atoms with Crippen LogP contribution in [0.15, 0.2) is 53.9 Å². The fraction of sp³-hybridized carbons (Fsp3) is 0.0625. The number of aromatic nitrogens is 1. The summed E-state index contributed by atoms with van der Waals surface area (Å²) in [5.41, 5.74) is 3.24. The van der Waals surface area contributed by atoms with Gasteiger partial charge in [-0.15, -0.1) is 11.3 Å². The van der Waals surface area contributed by atoms with Gasteiger partial charge >= 0.3 is 0 Å². The van der Waals surface area contributed by atoms with Crippen LogP contribution >= 0.6 is 11.3 Å². The van der Waals surface area contributed by atoms with Gasteiger partial charge in [-0.1, -0.05) is 24.3 Å². The number of rotatable bonds is 3. The van der Waals surface area contributed by atoms with Crippen molar-refractivity contribution in [3.8, 4) is 27.6 Å². The standard InChI is InChI=1S/C16H12NOS/c1-18-14-9-7-13(8-10-14)16-17-15(11-19-16)12-5-3-2-4-6-12/h3-11H,1H3. The Balaban J connectivity index is 1.92. The molecule has 1 heterocycles. The summed E-state index contributed by atoms with van der Waals surface area (Å²) in [5, 5.41) is 3.10. The third-order valence-corrected chi connectivity index (χ3v) is 3.75. The lowest BCUT2D eigenvalue weighted by atomic mass is 10.2. The van der Waals surface area contributed by atoms with Gasteiger partial charge in [0.1, 0.15) is 10.8 Å². The Hall–Kier alpha value is -2.13. The first kappa shape index (κ1) is 11.9. The Morgan fingerprint density at radius 3 is 2.42 bits per heavy atom. The molecule has 0 spiro atoms. The van der Waals surface area contributed by atoms with Gasteiger partial charge in [0.15, 0.2) is 0 Å². The third kappa shape index (κ3) is 2.51.